The number of hydrogen-bond donors (Lipinski definition) is 0. The molecule has 1 aliphatic rings. The van der Waals surface area contributed by atoms with Crippen LogP contribution in [0.4, 0.5) is 0 Å². The third-order valence-corrected chi connectivity index (χ3v) is 7.47. The van der Waals surface area contributed by atoms with Crippen molar-refractivity contribution in [1.82, 2.24) is 19.2 Å². The summed E-state index contributed by atoms with van der Waals surface area (Å²) in [5.74, 6) is 1.29. The average Bonchev–Trinajstić information content (AvgIpc) is 3.08. The number of sulfone groups is 1. The molecule has 0 amide bonds. The minimum atomic E-state index is -2.91. The molecule has 0 aliphatic carbocycles. The second-order valence-electron chi connectivity index (χ2n) is 8.45. The van der Waals surface area contributed by atoms with Crippen molar-refractivity contribution in [2.24, 2.45) is 7.05 Å². The van der Waals surface area contributed by atoms with Crippen molar-refractivity contribution in [2.75, 3.05) is 18.6 Å². The highest BCUT2D eigenvalue weighted by atomic mass is 32.2. The molecule has 2 aromatic rings. The third-order valence-electron chi connectivity index (χ3n) is 5.24. The van der Waals surface area contributed by atoms with Crippen molar-refractivity contribution >= 4 is 22.1 Å². The zero-order valence-corrected chi connectivity index (χ0v) is 18.3. The van der Waals surface area contributed by atoms with Gasteiger partial charge in [0.05, 0.1) is 18.2 Å². The van der Waals surface area contributed by atoms with E-state index in [9.17, 15) is 8.42 Å². The predicted octanol–water partition coefficient (Wildman–Crippen LogP) is 2.99. The molecule has 6 nitrogen and oxygen atoms in total. The van der Waals surface area contributed by atoms with Crippen LogP contribution < -0.4 is 0 Å². The maximum absolute atomic E-state index is 11.7. The van der Waals surface area contributed by atoms with Crippen LogP contribution >= 0.6 is 12.2 Å². The van der Waals surface area contributed by atoms with Gasteiger partial charge in [-0.3, -0.25) is 4.90 Å². The van der Waals surface area contributed by atoms with Crippen molar-refractivity contribution in [3.8, 4) is 11.4 Å². The van der Waals surface area contributed by atoms with Crippen molar-refractivity contribution < 1.29 is 8.42 Å². The lowest BCUT2D eigenvalue weighted by molar-refractivity contribution is 0.196. The molecule has 1 atom stereocenters. The normalized spacial score (nSPS) is 19.7. The Morgan fingerprint density at radius 3 is 2.41 bits per heavy atom. The van der Waals surface area contributed by atoms with E-state index in [-0.39, 0.29) is 23.0 Å². The van der Waals surface area contributed by atoms with Crippen LogP contribution in [0.3, 0.4) is 0 Å². The largest absolute Gasteiger partial charge is 0.303 e. The standard InChI is InChI=1S/C19H28N4O2S2/c1-19(2,3)15-8-6-14(7-9-15)17-20-23(18(26)22(17)5)13-21(4)16-10-11-27(24,25)12-16/h6-9,16H,10-13H2,1-5H3/t16-/m1/s1. The quantitative estimate of drug-likeness (QED) is 0.728. The molecule has 0 radical (unpaired) electrons. The van der Waals surface area contributed by atoms with Crippen LogP contribution in [0.2, 0.25) is 0 Å². The van der Waals surface area contributed by atoms with Gasteiger partial charge in [0.1, 0.15) is 0 Å². The highest BCUT2D eigenvalue weighted by molar-refractivity contribution is 7.91. The topological polar surface area (TPSA) is 60.1 Å². The van der Waals surface area contributed by atoms with E-state index in [2.05, 4.69) is 45.0 Å². The Morgan fingerprint density at radius 2 is 1.89 bits per heavy atom. The summed E-state index contributed by atoms with van der Waals surface area (Å²) in [6.45, 7) is 7.05. The first-order valence-electron chi connectivity index (χ1n) is 9.13. The summed E-state index contributed by atoms with van der Waals surface area (Å²) in [6, 6.07) is 8.44. The molecule has 1 aliphatic heterocycles. The van der Waals surface area contributed by atoms with Gasteiger partial charge in [-0.1, -0.05) is 45.0 Å². The van der Waals surface area contributed by atoms with Crippen LogP contribution in [0.25, 0.3) is 11.4 Å². The van der Waals surface area contributed by atoms with Crippen molar-refractivity contribution in [3.63, 3.8) is 0 Å². The zero-order valence-electron chi connectivity index (χ0n) is 16.6. The van der Waals surface area contributed by atoms with Crippen molar-refractivity contribution in [1.29, 1.82) is 0 Å². The molecule has 0 unspecified atom stereocenters. The molecular formula is C19H28N4O2S2. The molecule has 27 heavy (non-hydrogen) atoms. The molecule has 0 saturated carbocycles. The minimum Gasteiger partial charge on any atom is -0.303 e. The highest BCUT2D eigenvalue weighted by Gasteiger charge is 2.31. The number of benzene rings is 1. The SMILES string of the molecule is CN(Cn1nc(-c2ccc(C(C)(C)C)cc2)n(C)c1=S)[C@@H]1CCS(=O)(=O)C1. The first-order valence-corrected chi connectivity index (χ1v) is 11.4. The Balaban J connectivity index is 1.83. The molecule has 0 bridgehead atoms. The molecule has 1 aromatic carbocycles. The van der Waals surface area contributed by atoms with E-state index in [0.29, 0.717) is 17.9 Å². The molecule has 1 aromatic heterocycles. The summed E-state index contributed by atoms with van der Waals surface area (Å²) in [5.41, 5.74) is 2.39. The van der Waals surface area contributed by atoms with E-state index < -0.39 is 9.84 Å². The minimum absolute atomic E-state index is 0.0217. The fourth-order valence-electron chi connectivity index (χ4n) is 3.40. The molecule has 2 heterocycles. The molecule has 3 rings (SSSR count). The number of rotatable bonds is 4. The predicted molar refractivity (Wildman–Crippen MR) is 111 cm³/mol. The Labute approximate surface area is 166 Å². The number of hydrogen-bond acceptors (Lipinski definition) is 5. The monoisotopic (exact) mass is 408 g/mol. The van der Waals surface area contributed by atoms with Gasteiger partial charge in [-0.2, -0.15) is 5.10 Å². The Bertz CT molecular complexity index is 982. The van der Waals surface area contributed by atoms with Crippen molar-refractivity contribution in [3.05, 3.63) is 34.6 Å². The van der Waals surface area contributed by atoms with Crippen LogP contribution in [0.5, 0.6) is 0 Å². The molecular weight excluding hydrogens is 380 g/mol. The Kier molecular flexibility index (Phi) is 5.35. The van der Waals surface area contributed by atoms with Gasteiger partial charge in [0.15, 0.2) is 20.4 Å². The smallest absolute Gasteiger partial charge is 0.199 e. The molecule has 1 saturated heterocycles. The fourth-order valence-corrected chi connectivity index (χ4v) is 5.39. The van der Waals surface area contributed by atoms with E-state index in [1.807, 2.05) is 23.6 Å². The average molecular weight is 409 g/mol. The fraction of sp³-hybridized carbons (Fsp3) is 0.579. The van der Waals surface area contributed by atoms with Gasteiger partial charge in [0.2, 0.25) is 0 Å². The van der Waals surface area contributed by atoms with E-state index in [0.717, 1.165) is 11.4 Å². The lowest BCUT2D eigenvalue weighted by Gasteiger charge is -2.22. The molecule has 148 valence electrons. The van der Waals surface area contributed by atoms with Crippen LogP contribution in [0.15, 0.2) is 24.3 Å². The van der Waals surface area contributed by atoms with Gasteiger partial charge in [0.25, 0.3) is 0 Å². The Hall–Kier alpha value is -1.51. The van der Waals surface area contributed by atoms with Crippen molar-refractivity contribution in [2.45, 2.75) is 45.3 Å². The Morgan fingerprint density at radius 1 is 1.26 bits per heavy atom. The first kappa shape index (κ1) is 20.2. The zero-order chi connectivity index (χ0) is 20.0. The van der Waals surface area contributed by atoms with E-state index in [4.69, 9.17) is 17.3 Å². The van der Waals surface area contributed by atoms with E-state index in [1.165, 1.54) is 5.56 Å². The van der Waals surface area contributed by atoms with Gasteiger partial charge in [-0.25, -0.2) is 13.1 Å². The lowest BCUT2D eigenvalue weighted by atomic mass is 9.87. The van der Waals surface area contributed by atoms with E-state index in [1.54, 1.807) is 4.68 Å². The summed E-state index contributed by atoms with van der Waals surface area (Å²) in [5, 5.41) is 4.70. The van der Waals surface area contributed by atoms with Crippen LogP contribution in [-0.2, 0) is 29.0 Å². The van der Waals surface area contributed by atoms with Gasteiger partial charge in [-0.05, 0) is 36.7 Å². The second-order valence-corrected chi connectivity index (χ2v) is 11.0. The molecule has 8 heteroatoms. The third kappa shape index (κ3) is 4.33. The summed E-state index contributed by atoms with van der Waals surface area (Å²) in [6.07, 6.45) is 0.667. The summed E-state index contributed by atoms with van der Waals surface area (Å²) >= 11 is 5.56. The first-order chi connectivity index (χ1) is 12.5. The molecule has 0 N–H and O–H groups in total. The summed E-state index contributed by atoms with van der Waals surface area (Å²) in [4.78, 5) is 2.03. The number of nitrogens with zero attached hydrogens (tertiary/aromatic N) is 4. The van der Waals surface area contributed by atoms with Gasteiger partial charge in [-0.15, -0.1) is 0 Å². The molecule has 1 fully saturated rings. The van der Waals surface area contributed by atoms with Crippen LogP contribution in [-0.4, -0.2) is 52.3 Å². The van der Waals surface area contributed by atoms with Gasteiger partial charge in [0, 0.05) is 18.7 Å². The maximum atomic E-state index is 11.7. The van der Waals surface area contributed by atoms with E-state index >= 15 is 0 Å². The lowest BCUT2D eigenvalue weighted by Crippen LogP contribution is -2.34. The summed E-state index contributed by atoms with van der Waals surface area (Å²) in [7, 11) is 0.938. The summed E-state index contributed by atoms with van der Waals surface area (Å²) < 4.78 is 27.8. The number of aromatic nitrogens is 3. The second kappa shape index (κ2) is 7.14. The van der Waals surface area contributed by atoms with Gasteiger partial charge >= 0.3 is 0 Å². The maximum Gasteiger partial charge on any atom is 0.199 e. The highest BCUT2D eigenvalue weighted by Crippen LogP contribution is 2.25. The molecule has 0 spiro atoms. The van der Waals surface area contributed by atoms with Crippen LogP contribution in [0.1, 0.15) is 32.8 Å². The van der Waals surface area contributed by atoms with Crippen LogP contribution in [0, 0.1) is 4.77 Å². The van der Waals surface area contributed by atoms with Gasteiger partial charge < -0.3 is 4.57 Å².